The molecule has 0 spiro atoms. The number of hydrogen-bond acceptors (Lipinski definition) is 4. The number of nitrogens with one attached hydrogen (secondary N) is 2. The van der Waals surface area contributed by atoms with Gasteiger partial charge in [-0.05, 0) is 38.7 Å². The zero-order valence-electron chi connectivity index (χ0n) is 15.5. The molecule has 2 unspecified atom stereocenters. The van der Waals surface area contributed by atoms with Crippen LogP contribution in [0, 0.1) is 0 Å². The van der Waals surface area contributed by atoms with Crippen LogP contribution < -0.4 is 15.4 Å². The molecule has 138 valence electrons. The minimum atomic E-state index is 0. The van der Waals surface area contributed by atoms with Crippen LogP contribution in [0.5, 0.6) is 5.75 Å². The van der Waals surface area contributed by atoms with Crippen LogP contribution in [0.2, 0.25) is 0 Å². The van der Waals surface area contributed by atoms with Crippen LogP contribution in [0.25, 0.3) is 0 Å². The summed E-state index contributed by atoms with van der Waals surface area (Å²) in [5.74, 6) is 1.64. The molecule has 0 fully saturated rings. The molecule has 0 radical (unpaired) electrons. The van der Waals surface area contributed by atoms with Crippen LogP contribution in [0.15, 0.2) is 29.3 Å². The highest BCUT2D eigenvalue weighted by Crippen LogP contribution is 2.20. The largest absolute Gasteiger partial charge is 0.497 e. The van der Waals surface area contributed by atoms with Crippen LogP contribution in [0.4, 0.5) is 0 Å². The first kappa shape index (κ1) is 22.9. The summed E-state index contributed by atoms with van der Waals surface area (Å²) < 4.78 is 10.4. The molecule has 7 heteroatoms. The Labute approximate surface area is 163 Å². The van der Waals surface area contributed by atoms with Crippen molar-refractivity contribution >= 4 is 29.9 Å². The summed E-state index contributed by atoms with van der Waals surface area (Å²) in [4.78, 5) is 6.44. The van der Waals surface area contributed by atoms with E-state index in [1.807, 2.05) is 12.1 Å². The average molecular weight is 450 g/mol. The monoisotopic (exact) mass is 450 g/mol. The highest BCUT2D eigenvalue weighted by Gasteiger charge is 2.15. The molecule has 0 aromatic heterocycles. The summed E-state index contributed by atoms with van der Waals surface area (Å²) in [7, 11) is 9.28. The van der Waals surface area contributed by atoms with Gasteiger partial charge in [0.1, 0.15) is 5.75 Å². The molecule has 0 aliphatic heterocycles. The number of rotatable bonds is 8. The lowest BCUT2D eigenvalue weighted by Gasteiger charge is -2.27. The van der Waals surface area contributed by atoms with Crippen LogP contribution >= 0.6 is 24.0 Å². The fourth-order valence-electron chi connectivity index (χ4n) is 2.34. The first-order chi connectivity index (χ1) is 11.0. The lowest BCUT2D eigenvalue weighted by Crippen LogP contribution is -2.46. The van der Waals surface area contributed by atoms with E-state index in [-0.39, 0.29) is 36.1 Å². The fraction of sp³-hybridized carbons (Fsp3) is 0.588. The molecule has 0 bridgehead atoms. The van der Waals surface area contributed by atoms with Crippen molar-refractivity contribution < 1.29 is 9.47 Å². The quantitative estimate of drug-likeness (QED) is 0.361. The van der Waals surface area contributed by atoms with Crippen LogP contribution in [-0.2, 0) is 4.74 Å². The minimum Gasteiger partial charge on any atom is -0.497 e. The van der Waals surface area contributed by atoms with Crippen molar-refractivity contribution in [2.75, 3.05) is 48.5 Å². The lowest BCUT2D eigenvalue weighted by atomic mass is 10.1. The molecular formula is C17H31IN4O2. The SMILES string of the molecule is CN=C(NCC(c1ccc(OC)cc1)N(C)C)NC(C)COC.I. The standard InChI is InChI=1S/C17H30N4O2.HI/c1-13(12-22-5)20-17(18-2)19-11-16(21(3)4)14-7-9-15(23-6)10-8-14;/h7-10,13,16H,11-12H2,1-6H3,(H2,18,19,20);1H. The van der Waals surface area contributed by atoms with E-state index in [0.717, 1.165) is 18.3 Å². The summed E-state index contributed by atoms with van der Waals surface area (Å²) in [6, 6.07) is 8.59. The van der Waals surface area contributed by atoms with Crippen molar-refractivity contribution in [2.45, 2.75) is 19.0 Å². The van der Waals surface area contributed by atoms with Gasteiger partial charge in [0, 0.05) is 26.7 Å². The maximum absolute atomic E-state index is 5.22. The Morgan fingerprint density at radius 2 is 1.83 bits per heavy atom. The smallest absolute Gasteiger partial charge is 0.191 e. The van der Waals surface area contributed by atoms with Crippen molar-refractivity contribution in [3.8, 4) is 5.75 Å². The number of aliphatic imine (C=N–C) groups is 1. The lowest BCUT2D eigenvalue weighted by molar-refractivity contribution is 0.179. The molecule has 0 heterocycles. The number of ether oxygens (including phenoxy) is 2. The van der Waals surface area contributed by atoms with E-state index in [4.69, 9.17) is 9.47 Å². The van der Waals surface area contributed by atoms with Crippen LogP contribution in [-0.4, -0.2) is 65.4 Å². The van der Waals surface area contributed by atoms with Gasteiger partial charge in [-0.15, -0.1) is 24.0 Å². The number of hydrogen-bond donors (Lipinski definition) is 2. The average Bonchev–Trinajstić information content (AvgIpc) is 2.54. The number of nitrogens with zero attached hydrogens (tertiary/aromatic N) is 2. The number of halogens is 1. The number of benzene rings is 1. The van der Waals surface area contributed by atoms with E-state index in [1.54, 1.807) is 21.3 Å². The van der Waals surface area contributed by atoms with Crippen molar-refractivity contribution in [1.82, 2.24) is 15.5 Å². The Hall–Kier alpha value is -1.06. The Balaban J connectivity index is 0.00000529. The summed E-state index contributed by atoms with van der Waals surface area (Å²) >= 11 is 0. The zero-order valence-corrected chi connectivity index (χ0v) is 17.8. The van der Waals surface area contributed by atoms with Gasteiger partial charge in [-0.2, -0.15) is 0 Å². The minimum absolute atomic E-state index is 0. The molecule has 2 N–H and O–H groups in total. The van der Waals surface area contributed by atoms with E-state index < -0.39 is 0 Å². The molecule has 0 aliphatic rings. The van der Waals surface area contributed by atoms with E-state index in [1.165, 1.54) is 5.56 Å². The van der Waals surface area contributed by atoms with Gasteiger partial charge in [0.05, 0.1) is 19.8 Å². The van der Waals surface area contributed by atoms with Crippen LogP contribution in [0.3, 0.4) is 0 Å². The molecule has 0 saturated carbocycles. The Morgan fingerprint density at radius 1 is 1.21 bits per heavy atom. The van der Waals surface area contributed by atoms with Gasteiger partial charge in [-0.3, -0.25) is 4.99 Å². The highest BCUT2D eigenvalue weighted by molar-refractivity contribution is 14.0. The Bertz CT molecular complexity index is 480. The number of likely N-dealkylation sites (N-methyl/N-ethyl adjacent to an activating group) is 1. The number of methoxy groups -OCH3 is 2. The molecule has 6 nitrogen and oxygen atoms in total. The molecule has 24 heavy (non-hydrogen) atoms. The zero-order chi connectivity index (χ0) is 17.2. The predicted octanol–water partition coefficient (Wildman–Crippen LogP) is 2.12. The molecule has 0 amide bonds. The van der Waals surface area contributed by atoms with E-state index >= 15 is 0 Å². The first-order valence-corrected chi connectivity index (χ1v) is 7.78. The molecule has 1 aromatic rings. The van der Waals surface area contributed by atoms with E-state index in [0.29, 0.717) is 6.61 Å². The van der Waals surface area contributed by atoms with Crippen molar-refractivity contribution in [2.24, 2.45) is 4.99 Å². The summed E-state index contributed by atoms with van der Waals surface area (Å²) in [5.41, 5.74) is 1.23. The van der Waals surface area contributed by atoms with Gasteiger partial charge in [-0.25, -0.2) is 0 Å². The van der Waals surface area contributed by atoms with Crippen molar-refractivity contribution in [1.29, 1.82) is 0 Å². The third-order valence-corrected chi connectivity index (χ3v) is 3.61. The molecule has 0 saturated heterocycles. The molecule has 0 aliphatic carbocycles. The maximum Gasteiger partial charge on any atom is 0.191 e. The second-order valence-corrected chi connectivity index (χ2v) is 5.71. The number of guanidine groups is 1. The second kappa shape index (κ2) is 12.3. The van der Waals surface area contributed by atoms with Gasteiger partial charge < -0.3 is 25.0 Å². The van der Waals surface area contributed by atoms with Gasteiger partial charge in [0.15, 0.2) is 5.96 Å². The molecule has 2 atom stereocenters. The van der Waals surface area contributed by atoms with Gasteiger partial charge in [0.2, 0.25) is 0 Å². The topological polar surface area (TPSA) is 58.1 Å². The third kappa shape index (κ3) is 7.67. The summed E-state index contributed by atoms with van der Waals surface area (Å²) in [5, 5.41) is 6.68. The van der Waals surface area contributed by atoms with Gasteiger partial charge in [0.25, 0.3) is 0 Å². The highest BCUT2D eigenvalue weighted by atomic mass is 127. The van der Waals surface area contributed by atoms with E-state index in [9.17, 15) is 0 Å². The second-order valence-electron chi connectivity index (χ2n) is 5.71. The van der Waals surface area contributed by atoms with Crippen molar-refractivity contribution in [3.63, 3.8) is 0 Å². The van der Waals surface area contributed by atoms with Gasteiger partial charge in [-0.1, -0.05) is 12.1 Å². The Morgan fingerprint density at radius 3 is 2.29 bits per heavy atom. The third-order valence-electron chi connectivity index (χ3n) is 3.61. The fourth-order valence-corrected chi connectivity index (χ4v) is 2.34. The molecule has 1 aromatic carbocycles. The summed E-state index contributed by atoms with van der Waals surface area (Å²) in [6.45, 7) is 3.44. The molecular weight excluding hydrogens is 419 g/mol. The normalized spacial score (nSPS) is 13.9. The summed E-state index contributed by atoms with van der Waals surface area (Å²) in [6.07, 6.45) is 0. The Kier molecular flexibility index (Phi) is 11.8. The first-order valence-electron chi connectivity index (χ1n) is 7.78. The molecule has 1 rings (SSSR count). The van der Waals surface area contributed by atoms with E-state index in [2.05, 4.69) is 53.7 Å². The predicted molar refractivity (Wildman–Crippen MR) is 111 cm³/mol. The van der Waals surface area contributed by atoms with Crippen LogP contribution in [0.1, 0.15) is 18.5 Å². The maximum atomic E-state index is 5.22. The van der Waals surface area contributed by atoms with Gasteiger partial charge >= 0.3 is 0 Å². The van der Waals surface area contributed by atoms with Crippen molar-refractivity contribution in [3.05, 3.63) is 29.8 Å².